The van der Waals surface area contributed by atoms with E-state index in [4.69, 9.17) is 0 Å². The Morgan fingerprint density at radius 1 is 1.00 bits per heavy atom. The zero-order valence-electron chi connectivity index (χ0n) is 8.65. The number of Topliss-reactive ketones (excluding diaryl/α,β-unsaturated/α-hetero) is 1. The van der Waals surface area contributed by atoms with Crippen molar-refractivity contribution in [1.82, 2.24) is 0 Å². The smallest absolute Gasteiger partial charge is 0.133 e. The summed E-state index contributed by atoms with van der Waals surface area (Å²) in [6.07, 6.45) is 5.00. The van der Waals surface area contributed by atoms with Gasteiger partial charge in [0.2, 0.25) is 0 Å². The topological polar surface area (TPSA) is 17.1 Å². The van der Waals surface area contributed by atoms with Crippen molar-refractivity contribution in [2.24, 2.45) is 11.8 Å². The first kappa shape index (κ1) is 8.90. The normalized spacial score (nSPS) is 29.1. The van der Waals surface area contributed by atoms with Crippen LogP contribution in [0.15, 0.2) is 36.4 Å². The van der Waals surface area contributed by atoms with Crippen LogP contribution in [-0.4, -0.2) is 5.78 Å². The van der Waals surface area contributed by atoms with Crippen molar-refractivity contribution in [3.63, 3.8) is 0 Å². The summed E-state index contributed by atoms with van der Waals surface area (Å²) >= 11 is 0. The van der Waals surface area contributed by atoms with Gasteiger partial charge in [0, 0.05) is 12.8 Å². The quantitative estimate of drug-likeness (QED) is 0.677. The molecule has 0 N–H and O–H groups in total. The summed E-state index contributed by atoms with van der Waals surface area (Å²) in [6.45, 7) is 0. The van der Waals surface area contributed by atoms with E-state index in [0.29, 0.717) is 17.6 Å². The second kappa shape index (κ2) is 3.34. The van der Waals surface area contributed by atoms with Crippen molar-refractivity contribution in [2.75, 3.05) is 0 Å². The molecule has 1 heteroatoms. The van der Waals surface area contributed by atoms with Crippen molar-refractivity contribution in [3.8, 4) is 0 Å². The van der Waals surface area contributed by atoms with E-state index >= 15 is 0 Å². The number of carbonyl (C=O) groups is 1. The van der Waals surface area contributed by atoms with Gasteiger partial charge < -0.3 is 0 Å². The predicted octanol–water partition coefficient (Wildman–Crippen LogP) is 3.07. The van der Waals surface area contributed by atoms with Crippen molar-refractivity contribution >= 4 is 11.4 Å². The van der Waals surface area contributed by atoms with Gasteiger partial charge in [-0.25, -0.2) is 0 Å². The Balaban J connectivity index is 1.87. The third-order valence-electron chi connectivity index (χ3n) is 3.60. The molecule has 1 aromatic rings. The molecule has 2 unspecified atom stereocenters. The molecule has 0 saturated heterocycles. The van der Waals surface area contributed by atoms with Gasteiger partial charge in [-0.1, -0.05) is 36.4 Å². The van der Waals surface area contributed by atoms with Crippen molar-refractivity contribution < 1.29 is 4.79 Å². The van der Waals surface area contributed by atoms with Crippen molar-refractivity contribution in [3.05, 3.63) is 42.0 Å². The maximum Gasteiger partial charge on any atom is 0.133 e. The Morgan fingerprint density at radius 2 is 1.80 bits per heavy atom. The Bertz CT molecular complexity index is 416. The highest BCUT2D eigenvalue weighted by atomic mass is 16.1. The molecule has 15 heavy (non-hydrogen) atoms. The van der Waals surface area contributed by atoms with Crippen LogP contribution in [0.3, 0.4) is 0 Å². The van der Waals surface area contributed by atoms with Crippen LogP contribution in [-0.2, 0) is 4.79 Å². The summed E-state index contributed by atoms with van der Waals surface area (Å²) in [6, 6.07) is 10.5. The molecule has 0 bridgehead atoms. The van der Waals surface area contributed by atoms with Crippen LogP contribution in [0.5, 0.6) is 0 Å². The van der Waals surface area contributed by atoms with Crippen LogP contribution in [0.1, 0.15) is 24.8 Å². The van der Waals surface area contributed by atoms with Crippen LogP contribution < -0.4 is 0 Å². The van der Waals surface area contributed by atoms with E-state index in [1.165, 1.54) is 11.1 Å². The molecule has 0 spiro atoms. The minimum Gasteiger partial charge on any atom is -0.300 e. The molecule has 0 amide bonds. The number of hydrogen-bond acceptors (Lipinski definition) is 1. The molecule has 1 nitrogen and oxygen atoms in total. The lowest BCUT2D eigenvalue weighted by Crippen LogP contribution is -1.97. The van der Waals surface area contributed by atoms with Gasteiger partial charge in [-0.2, -0.15) is 0 Å². The van der Waals surface area contributed by atoms with E-state index in [1.807, 2.05) is 6.07 Å². The summed E-state index contributed by atoms with van der Waals surface area (Å²) in [5.74, 6) is 1.59. The van der Waals surface area contributed by atoms with Gasteiger partial charge in [0.05, 0.1) is 0 Å². The molecule has 1 aromatic carbocycles. The monoisotopic (exact) mass is 198 g/mol. The largest absolute Gasteiger partial charge is 0.300 e. The summed E-state index contributed by atoms with van der Waals surface area (Å²) < 4.78 is 0. The summed E-state index contributed by atoms with van der Waals surface area (Å²) in [4.78, 5) is 11.3. The number of ketones is 1. The SMILES string of the molecule is O=C1CC2C=C(c3ccccc3)CC2C1. The van der Waals surface area contributed by atoms with E-state index in [9.17, 15) is 4.79 Å². The lowest BCUT2D eigenvalue weighted by molar-refractivity contribution is -0.117. The maximum atomic E-state index is 11.3. The Labute approximate surface area is 89.8 Å². The van der Waals surface area contributed by atoms with Crippen LogP contribution in [0, 0.1) is 11.8 Å². The van der Waals surface area contributed by atoms with Crippen LogP contribution >= 0.6 is 0 Å². The van der Waals surface area contributed by atoms with Gasteiger partial charge >= 0.3 is 0 Å². The molecule has 2 aliphatic carbocycles. The van der Waals surface area contributed by atoms with Gasteiger partial charge in [-0.15, -0.1) is 0 Å². The third kappa shape index (κ3) is 1.52. The van der Waals surface area contributed by atoms with E-state index in [1.54, 1.807) is 0 Å². The zero-order chi connectivity index (χ0) is 10.3. The Hall–Kier alpha value is -1.37. The van der Waals surface area contributed by atoms with Gasteiger partial charge in [0.25, 0.3) is 0 Å². The number of benzene rings is 1. The number of hydrogen-bond donors (Lipinski definition) is 0. The number of fused-ring (bicyclic) bond motifs is 1. The number of allylic oxidation sites excluding steroid dienone is 2. The maximum absolute atomic E-state index is 11.3. The molecule has 0 radical (unpaired) electrons. The average molecular weight is 198 g/mol. The molecule has 0 heterocycles. The lowest BCUT2D eigenvalue weighted by atomic mass is 9.98. The molecule has 0 aromatic heterocycles. The van der Waals surface area contributed by atoms with Crippen LogP contribution in [0.25, 0.3) is 5.57 Å². The van der Waals surface area contributed by atoms with E-state index < -0.39 is 0 Å². The first-order valence-electron chi connectivity index (χ1n) is 5.61. The van der Waals surface area contributed by atoms with Gasteiger partial charge in [0.15, 0.2) is 0 Å². The van der Waals surface area contributed by atoms with Gasteiger partial charge in [0.1, 0.15) is 5.78 Å². The molecule has 3 rings (SSSR count). The second-order valence-electron chi connectivity index (χ2n) is 4.63. The molecule has 2 atom stereocenters. The zero-order valence-corrected chi connectivity index (χ0v) is 8.65. The fourth-order valence-electron chi connectivity index (χ4n) is 2.85. The number of carbonyl (C=O) groups excluding carboxylic acids is 1. The predicted molar refractivity (Wildman–Crippen MR) is 60.3 cm³/mol. The van der Waals surface area contributed by atoms with E-state index in [2.05, 4.69) is 30.3 Å². The molecule has 2 aliphatic rings. The molecule has 1 fully saturated rings. The van der Waals surface area contributed by atoms with Crippen LogP contribution in [0.4, 0.5) is 0 Å². The lowest BCUT2D eigenvalue weighted by Gasteiger charge is -2.06. The highest BCUT2D eigenvalue weighted by molar-refractivity contribution is 5.84. The highest BCUT2D eigenvalue weighted by Crippen LogP contribution is 2.44. The van der Waals surface area contributed by atoms with Crippen LogP contribution in [0.2, 0.25) is 0 Å². The summed E-state index contributed by atoms with van der Waals surface area (Å²) in [5.41, 5.74) is 2.78. The fourth-order valence-corrected chi connectivity index (χ4v) is 2.85. The van der Waals surface area contributed by atoms with Crippen molar-refractivity contribution in [1.29, 1.82) is 0 Å². The molecular weight excluding hydrogens is 184 g/mol. The highest BCUT2D eigenvalue weighted by Gasteiger charge is 2.36. The molecule has 1 saturated carbocycles. The molecule has 0 aliphatic heterocycles. The third-order valence-corrected chi connectivity index (χ3v) is 3.60. The van der Waals surface area contributed by atoms with Crippen molar-refractivity contribution in [2.45, 2.75) is 19.3 Å². The van der Waals surface area contributed by atoms with E-state index in [0.717, 1.165) is 19.3 Å². The minimum absolute atomic E-state index is 0.452. The molecular formula is C14H14O. The van der Waals surface area contributed by atoms with Gasteiger partial charge in [-0.3, -0.25) is 4.79 Å². The number of rotatable bonds is 1. The Morgan fingerprint density at radius 3 is 2.53 bits per heavy atom. The Kier molecular flexibility index (Phi) is 1.98. The van der Waals surface area contributed by atoms with Gasteiger partial charge in [-0.05, 0) is 29.4 Å². The minimum atomic E-state index is 0.452. The first-order valence-corrected chi connectivity index (χ1v) is 5.61. The van der Waals surface area contributed by atoms with E-state index in [-0.39, 0.29) is 0 Å². The summed E-state index contributed by atoms with van der Waals surface area (Å²) in [7, 11) is 0. The second-order valence-corrected chi connectivity index (χ2v) is 4.63. The fraction of sp³-hybridized carbons (Fsp3) is 0.357. The molecule has 76 valence electrons. The average Bonchev–Trinajstić information content (AvgIpc) is 2.76. The first-order chi connectivity index (χ1) is 7.33. The summed E-state index contributed by atoms with van der Waals surface area (Å²) in [5, 5.41) is 0. The standard InChI is InChI=1S/C14H14O/c15-14-8-12-6-11(7-13(12)9-14)10-4-2-1-3-5-10/h1-6,12-13H,7-9H2.